The molecular formula is C23H23N3O3. The van der Waals surface area contributed by atoms with Crippen LogP contribution in [0, 0.1) is 0 Å². The van der Waals surface area contributed by atoms with Gasteiger partial charge in [0, 0.05) is 37.2 Å². The standard InChI is InChI=1S/C23H23N3O3/c1-28-9-10-29-20-4-2-3-16(11-20)5-8-22-24-14-19(15-25-22)17-6-7-21-18(12-17)13-23(27)26-21/h2-4,6-7,11-12,14-15H,5,8-10,13H2,1H3,(H,26,27). The number of benzene rings is 2. The Kier molecular flexibility index (Phi) is 5.81. The first-order chi connectivity index (χ1) is 14.2. The lowest BCUT2D eigenvalue weighted by Gasteiger charge is -2.08. The average molecular weight is 389 g/mol. The molecule has 1 amide bonds. The Balaban J connectivity index is 1.37. The van der Waals surface area contributed by atoms with Crippen LogP contribution in [0.1, 0.15) is 17.0 Å². The molecule has 2 heterocycles. The third kappa shape index (κ3) is 4.78. The maximum absolute atomic E-state index is 11.5. The summed E-state index contributed by atoms with van der Waals surface area (Å²) in [6.07, 6.45) is 5.71. The topological polar surface area (TPSA) is 73.3 Å². The molecule has 0 fully saturated rings. The zero-order chi connectivity index (χ0) is 20.1. The number of nitrogens with zero attached hydrogens (tertiary/aromatic N) is 2. The van der Waals surface area contributed by atoms with E-state index in [0.29, 0.717) is 19.6 Å². The first kappa shape index (κ1) is 19.1. The Hall–Kier alpha value is -3.25. The van der Waals surface area contributed by atoms with Gasteiger partial charge in [-0.3, -0.25) is 4.79 Å². The number of rotatable bonds is 8. The summed E-state index contributed by atoms with van der Waals surface area (Å²) in [6, 6.07) is 14.0. The van der Waals surface area contributed by atoms with Crippen molar-refractivity contribution >= 4 is 11.6 Å². The van der Waals surface area contributed by atoms with Crippen molar-refractivity contribution in [2.24, 2.45) is 0 Å². The number of hydrogen-bond acceptors (Lipinski definition) is 5. The van der Waals surface area contributed by atoms with Gasteiger partial charge in [0.25, 0.3) is 0 Å². The number of carbonyl (C=O) groups excluding carboxylic acids is 1. The fourth-order valence-corrected chi connectivity index (χ4v) is 3.33. The highest BCUT2D eigenvalue weighted by molar-refractivity contribution is 5.99. The van der Waals surface area contributed by atoms with Gasteiger partial charge in [-0.2, -0.15) is 0 Å². The Labute approximate surface area is 169 Å². The summed E-state index contributed by atoms with van der Waals surface area (Å²) in [6.45, 7) is 1.11. The predicted molar refractivity (Wildman–Crippen MR) is 111 cm³/mol. The number of aryl methyl sites for hydroxylation is 2. The predicted octanol–water partition coefficient (Wildman–Crippen LogP) is 3.45. The third-order valence-electron chi connectivity index (χ3n) is 4.86. The number of methoxy groups -OCH3 is 1. The molecule has 1 aliphatic heterocycles. The average Bonchev–Trinajstić information content (AvgIpc) is 3.12. The molecule has 0 spiro atoms. The van der Waals surface area contributed by atoms with Gasteiger partial charge in [0.2, 0.25) is 5.91 Å². The number of ether oxygens (including phenoxy) is 2. The molecule has 148 valence electrons. The highest BCUT2D eigenvalue weighted by Crippen LogP contribution is 2.28. The van der Waals surface area contributed by atoms with Crippen molar-refractivity contribution in [3.05, 3.63) is 71.8 Å². The van der Waals surface area contributed by atoms with E-state index in [2.05, 4.69) is 21.4 Å². The molecule has 2 aromatic carbocycles. The van der Waals surface area contributed by atoms with E-state index in [1.807, 2.05) is 48.8 Å². The minimum Gasteiger partial charge on any atom is -0.491 e. The minimum absolute atomic E-state index is 0.0388. The van der Waals surface area contributed by atoms with E-state index in [4.69, 9.17) is 9.47 Å². The van der Waals surface area contributed by atoms with Gasteiger partial charge in [-0.05, 0) is 47.4 Å². The quantitative estimate of drug-likeness (QED) is 0.598. The lowest BCUT2D eigenvalue weighted by atomic mass is 10.0. The van der Waals surface area contributed by atoms with Crippen LogP contribution in [0.15, 0.2) is 54.9 Å². The summed E-state index contributed by atoms with van der Waals surface area (Å²) in [7, 11) is 1.66. The Morgan fingerprint density at radius 2 is 1.86 bits per heavy atom. The molecule has 0 saturated carbocycles. The van der Waals surface area contributed by atoms with Crippen LogP contribution in [0.3, 0.4) is 0 Å². The number of anilines is 1. The van der Waals surface area contributed by atoms with Gasteiger partial charge in [-0.1, -0.05) is 18.2 Å². The normalized spacial score (nSPS) is 12.5. The van der Waals surface area contributed by atoms with E-state index in [0.717, 1.165) is 46.8 Å². The zero-order valence-electron chi connectivity index (χ0n) is 16.4. The van der Waals surface area contributed by atoms with Gasteiger partial charge >= 0.3 is 0 Å². The number of amides is 1. The van der Waals surface area contributed by atoms with E-state index in [-0.39, 0.29) is 5.91 Å². The van der Waals surface area contributed by atoms with Gasteiger partial charge in [-0.25, -0.2) is 9.97 Å². The first-order valence-corrected chi connectivity index (χ1v) is 9.66. The zero-order valence-corrected chi connectivity index (χ0v) is 16.4. The molecule has 0 atom stereocenters. The van der Waals surface area contributed by atoms with Crippen molar-refractivity contribution in [1.29, 1.82) is 0 Å². The Morgan fingerprint density at radius 3 is 2.69 bits per heavy atom. The van der Waals surface area contributed by atoms with Gasteiger partial charge in [0.1, 0.15) is 18.2 Å². The van der Waals surface area contributed by atoms with Crippen molar-refractivity contribution in [3.63, 3.8) is 0 Å². The molecule has 1 aliphatic rings. The maximum Gasteiger partial charge on any atom is 0.228 e. The SMILES string of the molecule is COCCOc1cccc(CCc2ncc(-c3ccc4c(c3)CC(=O)N4)cn2)c1. The smallest absolute Gasteiger partial charge is 0.228 e. The largest absolute Gasteiger partial charge is 0.491 e. The maximum atomic E-state index is 11.5. The van der Waals surface area contributed by atoms with Crippen LogP contribution in [0.4, 0.5) is 5.69 Å². The first-order valence-electron chi connectivity index (χ1n) is 9.66. The summed E-state index contributed by atoms with van der Waals surface area (Å²) < 4.78 is 10.7. The van der Waals surface area contributed by atoms with E-state index >= 15 is 0 Å². The second-order valence-electron chi connectivity index (χ2n) is 6.97. The molecule has 1 aromatic heterocycles. The number of carbonyl (C=O) groups is 1. The summed E-state index contributed by atoms with van der Waals surface area (Å²) in [4.78, 5) is 20.6. The second-order valence-corrected chi connectivity index (χ2v) is 6.97. The molecule has 3 aromatic rings. The van der Waals surface area contributed by atoms with Crippen molar-refractivity contribution in [3.8, 4) is 16.9 Å². The van der Waals surface area contributed by atoms with Crippen LogP contribution < -0.4 is 10.1 Å². The molecule has 0 radical (unpaired) electrons. The molecule has 0 unspecified atom stereocenters. The highest BCUT2D eigenvalue weighted by atomic mass is 16.5. The van der Waals surface area contributed by atoms with Crippen LogP contribution in [-0.4, -0.2) is 36.2 Å². The van der Waals surface area contributed by atoms with Gasteiger partial charge in [0.05, 0.1) is 13.0 Å². The summed E-state index contributed by atoms with van der Waals surface area (Å²) in [5.74, 6) is 1.69. The van der Waals surface area contributed by atoms with Crippen molar-refractivity contribution in [2.45, 2.75) is 19.3 Å². The van der Waals surface area contributed by atoms with Crippen LogP contribution >= 0.6 is 0 Å². The number of hydrogen-bond donors (Lipinski definition) is 1. The number of aromatic nitrogens is 2. The van der Waals surface area contributed by atoms with Crippen molar-refractivity contribution < 1.29 is 14.3 Å². The molecule has 0 bridgehead atoms. The van der Waals surface area contributed by atoms with E-state index in [1.165, 1.54) is 5.56 Å². The fourth-order valence-electron chi connectivity index (χ4n) is 3.33. The molecule has 0 aliphatic carbocycles. The lowest BCUT2D eigenvalue weighted by molar-refractivity contribution is -0.115. The van der Waals surface area contributed by atoms with Crippen LogP contribution in [0.25, 0.3) is 11.1 Å². The molecule has 1 N–H and O–H groups in total. The summed E-state index contributed by atoms with van der Waals surface area (Å²) >= 11 is 0. The molecule has 6 nitrogen and oxygen atoms in total. The third-order valence-corrected chi connectivity index (χ3v) is 4.86. The molecular weight excluding hydrogens is 366 g/mol. The van der Waals surface area contributed by atoms with Crippen LogP contribution in [0.5, 0.6) is 5.75 Å². The van der Waals surface area contributed by atoms with E-state index in [9.17, 15) is 4.79 Å². The molecule has 29 heavy (non-hydrogen) atoms. The van der Waals surface area contributed by atoms with Crippen molar-refractivity contribution in [1.82, 2.24) is 9.97 Å². The Bertz CT molecular complexity index is 1000. The highest BCUT2D eigenvalue weighted by Gasteiger charge is 2.17. The van der Waals surface area contributed by atoms with Crippen LogP contribution in [-0.2, 0) is 28.8 Å². The van der Waals surface area contributed by atoms with E-state index in [1.54, 1.807) is 7.11 Å². The lowest BCUT2D eigenvalue weighted by Crippen LogP contribution is -2.04. The molecule has 0 saturated heterocycles. The Morgan fingerprint density at radius 1 is 1.00 bits per heavy atom. The number of fused-ring (bicyclic) bond motifs is 1. The summed E-state index contributed by atoms with van der Waals surface area (Å²) in [5, 5.41) is 2.85. The van der Waals surface area contributed by atoms with Gasteiger partial charge in [-0.15, -0.1) is 0 Å². The van der Waals surface area contributed by atoms with Gasteiger partial charge in [0.15, 0.2) is 0 Å². The monoisotopic (exact) mass is 389 g/mol. The van der Waals surface area contributed by atoms with Crippen LogP contribution in [0.2, 0.25) is 0 Å². The molecule has 6 heteroatoms. The second kappa shape index (κ2) is 8.84. The van der Waals surface area contributed by atoms with Gasteiger partial charge < -0.3 is 14.8 Å². The van der Waals surface area contributed by atoms with E-state index < -0.39 is 0 Å². The minimum atomic E-state index is 0.0388. The number of nitrogens with one attached hydrogen (secondary N) is 1. The molecule has 4 rings (SSSR count). The van der Waals surface area contributed by atoms with Crippen molar-refractivity contribution in [2.75, 3.05) is 25.6 Å². The summed E-state index contributed by atoms with van der Waals surface area (Å²) in [5.41, 5.74) is 5.06. The fraction of sp³-hybridized carbons (Fsp3) is 0.261.